The van der Waals surface area contributed by atoms with Gasteiger partial charge in [-0.05, 0) is 49.1 Å². The van der Waals surface area contributed by atoms with Crippen molar-refractivity contribution >= 4 is 11.8 Å². The molecule has 1 aliphatic carbocycles. The summed E-state index contributed by atoms with van der Waals surface area (Å²) in [4.78, 5) is 23.7. The molecule has 0 saturated heterocycles. The Hall–Kier alpha value is -3.61. The molecule has 7 nitrogen and oxygen atoms in total. The molecule has 2 aromatic carbocycles. The molecule has 148 valence electrons. The molecule has 4 rings (SSSR count). The van der Waals surface area contributed by atoms with Crippen LogP contribution in [-0.4, -0.2) is 28.2 Å². The van der Waals surface area contributed by atoms with E-state index in [2.05, 4.69) is 10.4 Å². The summed E-state index contributed by atoms with van der Waals surface area (Å²) in [7, 11) is 0. The predicted octanol–water partition coefficient (Wildman–Crippen LogP) is 2.16. The van der Waals surface area contributed by atoms with Crippen LogP contribution >= 0.6 is 0 Å². The third kappa shape index (κ3) is 4.13. The first-order valence-electron chi connectivity index (χ1n) is 9.56. The van der Waals surface area contributed by atoms with Crippen LogP contribution in [-0.2, 0) is 24.2 Å². The first kappa shape index (κ1) is 18.7. The summed E-state index contributed by atoms with van der Waals surface area (Å²) in [5.41, 5.74) is 9.56. The minimum Gasteiger partial charge on any atom is -0.484 e. The average molecular weight is 390 g/mol. The van der Waals surface area contributed by atoms with Gasteiger partial charge < -0.3 is 15.8 Å². The van der Waals surface area contributed by atoms with Gasteiger partial charge in [-0.3, -0.25) is 9.59 Å². The lowest BCUT2D eigenvalue weighted by atomic mass is 10.1. The van der Waals surface area contributed by atoms with Crippen LogP contribution in [0.5, 0.6) is 5.75 Å². The van der Waals surface area contributed by atoms with Gasteiger partial charge in [0, 0.05) is 17.8 Å². The first-order chi connectivity index (χ1) is 14.1. The van der Waals surface area contributed by atoms with Gasteiger partial charge in [0.2, 0.25) is 0 Å². The number of amides is 2. The highest BCUT2D eigenvalue weighted by Gasteiger charge is 2.26. The molecule has 7 heteroatoms. The van der Waals surface area contributed by atoms with Crippen molar-refractivity contribution in [1.29, 1.82) is 0 Å². The number of benzene rings is 2. The molecule has 0 atom stereocenters. The molecular formula is C22H22N4O3. The molecule has 1 aliphatic rings. The Morgan fingerprint density at radius 1 is 1.10 bits per heavy atom. The number of carbonyl (C=O) groups excluding carboxylic acids is 2. The maximum absolute atomic E-state index is 12.8. The summed E-state index contributed by atoms with van der Waals surface area (Å²) in [5, 5.41) is 7.55. The Balaban J connectivity index is 1.49. The summed E-state index contributed by atoms with van der Waals surface area (Å²) >= 11 is 0. The highest BCUT2D eigenvalue weighted by atomic mass is 16.5. The van der Waals surface area contributed by atoms with E-state index in [1.54, 1.807) is 18.2 Å². The normalized spacial score (nSPS) is 12.4. The van der Waals surface area contributed by atoms with Gasteiger partial charge in [-0.15, -0.1) is 0 Å². The SMILES string of the molecule is NC(=O)COc1cccc(CNC(=O)c2nn(-c3ccccc3)c3c2CCC3)c1. The van der Waals surface area contributed by atoms with E-state index in [1.165, 1.54) is 0 Å². The highest BCUT2D eigenvalue weighted by molar-refractivity contribution is 5.94. The number of primary amides is 1. The van der Waals surface area contributed by atoms with E-state index in [-0.39, 0.29) is 12.5 Å². The zero-order valence-corrected chi connectivity index (χ0v) is 15.9. The van der Waals surface area contributed by atoms with E-state index in [9.17, 15) is 9.59 Å². The van der Waals surface area contributed by atoms with Gasteiger partial charge >= 0.3 is 0 Å². The Morgan fingerprint density at radius 2 is 1.93 bits per heavy atom. The second kappa shape index (κ2) is 8.18. The van der Waals surface area contributed by atoms with Crippen LogP contribution in [0, 0.1) is 0 Å². The maximum atomic E-state index is 12.8. The fraction of sp³-hybridized carbons (Fsp3) is 0.227. The summed E-state index contributed by atoms with van der Waals surface area (Å²) in [6.45, 7) is 0.151. The minimum atomic E-state index is -0.536. The van der Waals surface area contributed by atoms with Crippen molar-refractivity contribution in [2.45, 2.75) is 25.8 Å². The van der Waals surface area contributed by atoms with Gasteiger partial charge in [0.05, 0.1) is 5.69 Å². The molecule has 0 radical (unpaired) electrons. The van der Waals surface area contributed by atoms with Crippen LogP contribution in [0.25, 0.3) is 5.69 Å². The Labute approximate surface area is 168 Å². The van der Waals surface area contributed by atoms with Crippen LogP contribution in [0.2, 0.25) is 0 Å². The number of nitrogens with two attached hydrogens (primary N) is 1. The van der Waals surface area contributed by atoms with Crippen LogP contribution < -0.4 is 15.8 Å². The van der Waals surface area contributed by atoms with Crippen molar-refractivity contribution in [3.63, 3.8) is 0 Å². The monoisotopic (exact) mass is 390 g/mol. The van der Waals surface area contributed by atoms with Gasteiger partial charge in [0.1, 0.15) is 5.75 Å². The second-order valence-electron chi connectivity index (χ2n) is 6.96. The summed E-state index contributed by atoms with van der Waals surface area (Å²) in [5.74, 6) is -0.197. The number of fused-ring (bicyclic) bond motifs is 1. The molecule has 0 aliphatic heterocycles. The molecule has 0 saturated carbocycles. The molecule has 2 amide bonds. The summed E-state index contributed by atoms with van der Waals surface area (Å²) in [6, 6.07) is 17.1. The summed E-state index contributed by atoms with van der Waals surface area (Å²) in [6.07, 6.45) is 2.81. The molecule has 0 spiro atoms. The van der Waals surface area contributed by atoms with E-state index in [1.807, 2.05) is 41.1 Å². The van der Waals surface area contributed by atoms with Gasteiger partial charge in [-0.25, -0.2) is 4.68 Å². The molecule has 29 heavy (non-hydrogen) atoms. The third-order valence-electron chi connectivity index (χ3n) is 4.88. The molecule has 1 heterocycles. The largest absolute Gasteiger partial charge is 0.484 e. The van der Waals surface area contributed by atoms with E-state index in [0.29, 0.717) is 18.0 Å². The van der Waals surface area contributed by atoms with Crippen LogP contribution in [0.1, 0.15) is 33.7 Å². The number of nitrogens with zero attached hydrogens (tertiary/aromatic N) is 2. The number of para-hydroxylation sites is 1. The standard InChI is InChI=1S/C22H22N4O3/c23-20(27)14-29-17-9-4-6-15(12-17)13-24-22(28)21-18-10-5-11-19(18)26(25-21)16-7-2-1-3-8-16/h1-4,6-9,12H,5,10-11,13-14H2,(H2,23,27)(H,24,28). The topological polar surface area (TPSA) is 99.2 Å². The molecule has 3 N–H and O–H groups in total. The molecule has 0 fully saturated rings. The lowest BCUT2D eigenvalue weighted by Crippen LogP contribution is -2.24. The van der Waals surface area contributed by atoms with Crippen molar-refractivity contribution in [1.82, 2.24) is 15.1 Å². The van der Waals surface area contributed by atoms with Crippen molar-refractivity contribution in [2.24, 2.45) is 5.73 Å². The van der Waals surface area contributed by atoms with Crippen LogP contribution in [0.15, 0.2) is 54.6 Å². The number of hydrogen-bond acceptors (Lipinski definition) is 4. The van der Waals surface area contributed by atoms with Crippen molar-refractivity contribution in [3.8, 4) is 11.4 Å². The van der Waals surface area contributed by atoms with Crippen LogP contribution in [0.3, 0.4) is 0 Å². The van der Waals surface area contributed by atoms with Crippen molar-refractivity contribution in [3.05, 3.63) is 77.1 Å². The minimum absolute atomic E-state index is 0.182. The van der Waals surface area contributed by atoms with Crippen LogP contribution in [0.4, 0.5) is 0 Å². The highest BCUT2D eigenvalue weighted by Crippen LogP contribution is 2.27. The summed E-state index contributed by atoms with van der Waals surface area (Å²) < 4.78 is 7.19. The molecule has 3 aromatic rings. The smallest absolute Gasteiger partial charge is 0.272 e. The van der Waals surface area contributed by atoms with E-state index >= 15 is 0 Å². The Morgan fingerprint density at radius 3 is 2.72 bits per heavy atom. The number of hydrogen-bond donors (Lipinski definition) is 2. The fourth-order valence-corrected chi connectivity index (χ4v) is 3.57. The van der Waals surface area contributed by atoms with Gasteiger partial charge in [-0.2, -0.15) is 5.10 Å². The quantitative estimate of drug-likeness (QED) is 0.646. The maximum Gasteiger partial charge on any atom is 0.272 e. The third-order valence-corrected chi connectivity index (χ3v) is 4.88. The van der Waals surface area contributed by atoms with Crippen molar-refractivity contribution < 1.29 is 14.3 Å². The fourth-order valence-electron chi connectivity index (χ4n) is 3.57. The first-order valence-corrected chi connectivity index (χ1v) is 9.56. The van der Waals surface area contributed by atoms with Gasteiger partial charge in [-0.1, -0.05) is 30.3 Å². The molecular weight excluding hydrogens is 368 g/mol. The van der Waals surface area contributed by atoms with E-state index in [0.717, 1.165) is 41.8 Å². The zero-order chi connectivity index (χ0) is 20.2. The van der Waals surface area contributed by atoms with Gasteiger partial charge in [0.25, 0.3) is 11.8 Å². The second-order valence-corrected chi connectivity index (χ2v) is 6.96. The zero-order valence-electron chi connectivity index (χ0n) is 15.9. The number of rotatable bonds is 7. The molecule has 1 aromatic heterocycles. The van der Waals surface area contributed by atoms with E-state index < -0.39 is 5.91 Å². The van der Waals surface area contributed by atoms with E-state index in [4.69, 9.17) is 10.5 Å². The Kier molecular flexibility index (Phi) is 5.29. The number of aromatic nitrogens is 2. The number of carbonyl (C=O) groups is 2. The lowest BCUT2D eigenvalue weighted by molar-refractivity contribution is -0.119. The number of nitrogens with one attached hydrogen (secondary N) is 1. The number of ether oxygens (including phenoxy) is 1. The molecule has 0 bridgehead atoms. The average Bonchev–Trinajstić information content (AvgIpc) is 3.34. The molecule has 0 unspecified atom stereocenters. The van der Waals surface area contributed by atoms with Crippen molar-refractivity contribution in [2.75, 3.05) is 6.61 Å². The van der Waals surface area contributed by atoms with Gasteiger partial charge in [0.15, 0.2) is 12.3 Å². The Bertz CT molecular complexity index is 1040. The predicted molar refractivity (Wildman–Crippen MR) is 108 cm³/mol. The lowest BCUT2D eigenvalue weighted by Gasteiger charge is -2.08.